The Hall–Kier alpha value is -2.16. The summed E-state index contributed by atoms with van der Waals surface area (Å²) in [6, 6.07) is 0. The van der Waals surface area contributed by atoms with Crippen molar-refractivity contribution in [3.8, 4) is 0 Å². The first kappa shape index (κ1) is 22.5. The third kappa shape index (κ3) is 5.50. The first-order valence-corrected chi connectivity index (χ1v) is 11.9. The second kappa shape index (κ2) is 10.7. The summed E-state index contributed by atoms with van der Waals surface area (Å²) in [4.78, 5) is 47.7. The largest absolute Gasteiger partial charge is 0.351 e. The number of aromatic nitrogens is 1. The van der Waals surface area contributed by atoms with Crippen LogP contribution >= 0.6 is 11.3 Å². The number of piperidine rings is 1. The molecular weight excluding hydrogens is 402 g/mol. The molecule has 0 bridgehead atoms. The molecule has 2 fully saturated rings. The minimum absolute atomic E-state index is 0.00637. The molecule has 1 unspecified atom stereocenters. The molecule has 1 aromatic rings. The van der Waals surface area contributed by atoms with Gasteiger partial charge in [0.1, 0.15) is 4.88 Å². The Morgan fingerprint density at radius 3 is 2.77 bits per heavy atom. The van der Waals surface area contributed by atoms with Gasteiger partial charge in [0.25, 0.3) is 5.91 Å². The summed E-state index contributed by atoms with van der Waals surface area (Å²) in [6.07, 6.45) is 5.82. The SMILES string of the molecule is CCN(CC)C(=O)C1CCCN(c2ncc(C(=O)NCCCN3CCCC3=O)s2)C1. The van der Waals surface area contributed by atoms with Gasteiger partial charge in [-0.2, -0.15) is 0 Å². The van der Waals surface area contributed by atoms with Gasteiger partial charge in [-0.05, 0) is 39.5 Å². The molecule has 1 atom stereocenters. The molecule has 9 heteroatoms. The molecule has 1 aromatic heterocycles. The van der Waals surface area contributed by atoms with E-state index in [9.17, 15) is 14.4 Å². The molecule has 2 aliphatic rings. The molecule has 1 N–H and O–H groups in total. The van der Waals surface area contributed by atoms with Crippen molar-refractivity contribution in [1.29, 1.82) is 0 Å². The number of nitrogens with one attached hydrogen (secondary N) is 1. The minimum atomic E-state index is -0.126. The fraction of sp³-hybridized carbons (Fsp3) is 0.714. The average molecular weight is 436 g/mol. The lowest BCUT2D eigenvalue weighted by atomic mass is 9.97. The number of hydrogen-bond acceptors (Lipinski definition) is 6. The highest BCUT2D eigenvalue weighted by Crippen LogP contribution is 2.28. The number of carbonyl (C=O) groups is 3. The summed E-state index contributed by atoms with van der Waals surface area (Å²) in [7, 11) is 0. The molecule has 0 spiro atoms. The van der Waals surface area contributed by atoms with Crippen LogP contribution in [-0.4, -0.2) is 78.3 Å². The van der Waals surface area contributed by atoms with Gasteiger partial charge in [-0.15, -0.1) is 0 Å². The molecule has 8 nitrogen and oxygen atoms in total. The highest BCUT2D eigenvalue weighted by Gasteiger charge is 2.29. The second-order valence-electron chi connectivity index (χ2n) is 7.90. The van der Waals surface area contributed by atoms with Crippen molar-refractivity contribution < 1.29 is 14.4 Å². The molecule has 3 amide bonds. The van der Waals surface area contributed by atoms with Crippen LogP contribution in [-0.2, 0) is 9.59 Å². The highest BCUT2D eigenvalue weighted by molar-refractivity contribution is 7.17. The maximum Gasteiger partial charge on any atom is 0.263 e. The molecule has 3 heterocycles. The van der Waals surface area contributed by atoms with E-state index in [1.807, 2.05) is 23.6 Å². The van der Waals surface area contributed by atoms with Crippen LogP contribution in [0.4, 0.5) is 5.13 Å². The summed E-state index contributed by atoms with van der Waals surface area (Å²) in [5, 5.41) is 3.73. The first-order chi connectivity index (χ1) is 14.5. The maximum atomic E-state index is 12.7. The molecule has 0 aromatic carbocycles. The van der Waals surface area contributed by atoms with E-state index >= 15 is 0 Å². The van der Waals surface area contributed by atoms with Gasteiger partial charge in [0.2, 0.25) is 11.8 Å². The van der Waals surface area contributed by atoms with Crippen LogP contribution in [0.2, 0.25) is 0 Å². The quantitative estimate of drug-likeness (QED) is 0.600. The van der Waals surface area contributed by atoms with Crippen molar-refractivity contribution in [3.63, 3.8) is 0 Å². The molecule has 0 aliphatic carbocycles. The van der Waals surface area contributed by atoms with Gasteiger partial charge in [0.15, 0.2) is 5.13 Å². The molecule has 30 heavy (non-hydrogen) atoms. The average Bonchev–Trinajstić information content (AvgIpc) is 3.41. The van der Waals surface area contributed by atoms with Crippen LogP contribution in [0.25, 0.3) is 0 Å². The summed E-state index contributed by atoms with van der Waals surface area (Å²) >= 11 is 1.38. The van der Waals surface area contributed by atoms with E-state index in [0.717, 1.165) is 57.0 Å². The van der Waals surface area contributed by atoms with Gasteiger partial charge in [-0.25, -0.2) is 4.98 Å². The van der Waals surface area contributed by atoms with Crippen LogP contribution in [0.15, 0.2) is 6.20 Å². The number of rotatable bonds is 9. The Labute approximate surface area is 182 Å². The van der Waals surface area contributed by atoms with Gasteiger partial charge in [-0.3, -0.25) is 14.4 Å². The van der Waals surface area contributed by atoms with Crippen molar-refractivity contribution in [2.75, 3.05) is 50.7 Å². The molecular formula is C21H33N5O3S. The van der Waals surface area contributed by atoms with E-state index in [0.29, 0.717) is 30.9 Å². The lowest BCUT2D eigenvalue weighted by Gasteiger charge is -2.34. The van der Waals surface area contributed by atoms with E-state index < -0.39 is 0 Å². The van der Waals surface area contributed by atoms with Crippen LogP contribution in [0, 0.1) is 5.92 Å². The van der Waals surface area contributed by atoms with Gasteiger partial charge in [0.05, 0.1) is 12.1 Å². The number of amides is 3. The normalized spacial score (nSPS) is 19.3. The summed E-state index contributed by atoms with van der Waals surface area (Å²) in [5.74, 6) is 0.302. The zero-order valence-electron chi connectivity index (χ0n) is 18.1. The smallest absolute Gasteiger partial charge is 0.263 e. The molecule has 2 saturated heterocycles. The number of anilines is 1. The number of thiazole rings is 1. The number of carbonyl (C=O) groups excluding carboxylic acids is 3. The third-order valence-electron chi connectivity index (χ3n) is 5.90. The first-order valence-electron chi connectivity index (χ1n) is 11.1. The molecule has 0 radical (unpaired) electrons. The number of hydrogen-bond donors (Lipinski definition) is 1. The number of nitrogens with zero attached hydrogens (tertiary/aromatic N) is 4. The molecule has 2 aliphatic heterocycles. The van der Waals surface area contributed by atoms with Crippen LogP contribution in [0.3, 0.4) is 0 Å². The lowest BCUT2D eigenvalue weighted by molar-refractivity contribution is -0.135. The fourth-order valence-corrected chi connectivity index (χ4v) is 5.03. The maximum absolute atomic E-state index is 12.7. The van der Waals surface area contributed by atoms with E-state index in [1.165, 1.54) is 11.3 Å². The van der Waals surface area contributed by atoms with E-state index in [2.05, 4.69) is 15.2 Å². The van der Waals surface area contributed by atoms with Crippen molar-refractivity contribution in [1.82, 2.24) is 20.1 Å². The summed E-state index contributed by atoms with van der Waals surface area (Å²) < 4.78 is 0. The fourth-order valence-electron chi connectivity index (χ4n) is 4.16. The van der Waals surface area contributed by atoms with Crippen LogP contribution in [0.5, 0.6) is 0 Å². The van der Waals surface area contributed by atoms with E-state index in [4.69, 9.17) is 0 Å². The van der Waals surface area contributed by atoms with Crippen molar-refractivity contribution in [2.24, 2.45) is 5.92 Å². The predicted octanol–water partition coefficient (Wildman–Crippen LogP) is 1.97. The zero-order chi connectivity index (χ0) is 21.5. The van der Waals surface area contributed by atoms with Crippen molar-refractivity contribution in [2.45, 2.75) is 46.0 Å². The minimum Gasteiger partial charge on any atom is -0.351 e. The predicted molar refractivity (Wildman–Crippen MR) is 118 cm³/mol. The van der Waals surface area contributed by atoms with E-state index in [-0.39, 0.29) is 23.6 Å². The van der Waals surface area contributed by atoms with Gasteiger partial charge in [0, 0.05) is 52.2 Å². The zero-order valence-corrected chi connectivity index (χ0v) is 18.9. The standard InChI is InChI=1S/C21H33N5O3S/c1-3-24(4-2)20(29)16-8-5-12-26(15-16)21-23-14-17(30-21)19(28)22-10-7-13-25-11-6-9-18(25)27/h14,16H,3-13,15H2,1-2H3,(H,22,28). The van der Waals surface area contributed by atoms with Crippen LogP contribution in [0.1, 0.15) is 55.6 Å². The van der Waals surface area contributed by atoms with Crippen molar-refractivity contribution >= 4 is 34.2 Å². The highest BCUT2D eigenvalue weighted by atomic mass is 32.1. The Morgan fingerprint density at radius 1 is 1.27 bits per heavy atom. The lowest BCUT2D eigenvalue weighted by Crippen LogP contribution is -2.44. The van der Waals surface area contributed by atoms with Gasteiger partial charge in [-0.1, -0.05) is 11.3 Å². The van der Waals surface area contributed by atoms with E-state index in [1.54, 1.807) is 6.20 Å². The molecule has 0 saturated carbocycles. The number of likely N-dealkylation sites (tertiary alicyclic amines) is 1. The Morgan fingerprint density at radius 2 is 2.07 bits per heavy atom. The third-order valence-corrected chi connectivity index (χ3v) is 6.95. The van der Waals surface area contributed by atoms with Gasteiger partial charge < -0.3 is 20.0 Å². The Kier molecular flexibility index (Phi) is 8.07. The Bertz CT molecular complexity index is 749. The Balaban J connectivity index is 1.48. The molecule has 166 valence electrons. The van der Waals surface area contributed by atoms with Crippen molar-refractivity contribution in [3.05, 3.63) is 11.1 Å². The van der Waals surface area contributed by atoms with Gasteiger partial charge >= 0.3 is 0 Å². The summed E-state index contributed by atoms with van der Waals surface area (Å²) in [6.45, 7) is 9.09. The summed E-state index contributed by atoms with van der Waals surface area (Å²) in [5.41, 5.74) is 0. The van der Waals surface area contributed by atoms with Crippen LogP contribution < -0.4 is 10.2 Å². The monoisotopic (exact) mass is 435 g/mol. The topological polar surface area (TPSA) is 85.8 Å². The molecule has 3 rings (SSSR count). The second-order valence-corrected chi connectivity index (χ2v) is 8.91.